The molecule has 1 amide bonds. The Morgan fingerprint density at radius 1 is 0.857 bits per heavy atom. The van der Waals surface area contributed by atoms with E-state index < -0.39 is 0 Å². The van der Waals surface area contributed by atoms with E-state index in [0.717, 1.165) is 50.4 Å². The molecule has 0 spiro atoms. The van der Waals surface area contributed by atoms with E-state index in [-0.39, 0.29) is 5.91 Å². The van der Waals surface area contributed by atoms with Crippen LogP contribution in [0.4, 0.5) is 0 Å². The molecule has 1 aliphatic rings. The van der Waals surface area contributed by atoms with Gasteiger partial charge in [0, 0.05) is 38.9 Å². The lowest BCUT2D eigenvalue weighted by Crippen LogP contribution is -2.36. The minimum Gasteiger partial charge on any atom is -0.341 e. The van der Waals surface area contributed by atoms with Gasteiger partial charge in [-0.25, -0.2) is 4.68 Å². The van der Waals surface area contributed by atoms with Crippen LogP contribution in [0.3, 0.4) is 0 Å². The smallest absolute Gasteiger partial charge is 0.227 e. The molecule has 1 aliphatic heterocycles. The van der Waals surface area contributed by atoms with Crippen LogP contribution in [0.1, 0.15) is 17.5 Å². The summed E-state index contributed by atoms with van der Waals surface area (Å²) in [5, 5.41) is 4.40. The summed E-state index contributed by atoms with van der Waals surface area (Å²) >= 11 is 0. The number of carbonyl (C=O) groups is 1. The van der Waals surface area contributed by atoms with Gasteiger partial charge in [-0.2, -0.15) is 5.10 Å². The molecule has 5 heteroatoms. The third kappa shape index (κ3) is 4.67. The minimum absolute atomic E-state index is 0.189. The van der Waals surface area contributed by atoms with Crippen LogP contribution in [0, 0.1) is 0 Å². The van der Waals surface area contributed by atoms with E-state index in [2.05, 4.69) is 34.3 Å². The molecule has 0 N–H and O–H groups in total. The van der Waals surface area contributed by atoms with E-state index in [1.165, 1.54) is 5.56 Å². The van der Waals surface area contributed by atoms with Crippen molar-refractivity contribution in [2.75, 3.05) is 26.2 Å². The van der Waals surface area contributed by atoms with Gasteiger partial charge >= 0.3 is 0 Å². The van der Waals surface area contributed by atoms with E-state index in [0.29, 0.717) is 6.42 Å². The van der Waals surface area contributed by atoms with Crippen molar-refractivity contribution in [3.63, 3.8) is 0 Å². The van der Waals surface area contributed by atoms with E-state index >= 15 is 0 Å². The first-order chi connectivity index (χ1) is 13.8. The van der Waals surface area contributed by atoms with E-state index in [1.807, 2.05) is 52.2 Å². The van der Waals surface area contributed by atoms with Crippen molar-refractivity contribution in [1.29, 1.82) is 0 Å². The maximum absolute atomic E-state index is 12.8. The van der Waals surface area contributed by atoms with Crippen LogP contribution < -0.4 is 0 Å². The number of amides is 1. The molecule has 28 heavy (non-hydrogen) atoms. The van der Waals surface area contributed by atoms with Crippen molar-refractivity contribution in [2.24, 2.45) is 0 Å². The second kappa shape index (κ2) is 8.85. The van der Waals surface area contributed by atoms with Crippen LogP contribution in [0.15, 0.2) is 73.1 Å². The number of para-hydroxylation sites is 1. The molecule has 4 rings (SSSR count). The summed E-state index contributed by atoms with van der Waals surface area (Å²) < 4.78 is 1.83. The molecule has 144 valence electrons. The summed E-state index contributed by atoms with van der Waals surface area (Å²) in [5.41, 5.74) is 3.29. The molecule has 5 nitrogen and oxygen atoms in total. The molecule has 2 heterocycles. The highest BCUT2D eigenvalue weighted by molar-refractivity contribution is 5.78. The molecule has 0 aliphatic carbocycles. The van der Waals surface area contributed by atoms with Gasteiger partial charge in [-0.1, -0.05) is 48.5 Å². The number of nitrogens with zero attached hydrogens (tertiary/aromatic N) is 4. The Balaban J connectivity index is 1.32. The average molecular weight is 374 g/mol. The van der Waals surface area contributed by atoms with Crippen molar-refractivity contribution in [1.82, 2.24) is 19.6 Å². The Labute approximate surface area is 166 Å². The summed E-state index contributed by atoms with van der Waals surface area (Å²) in [4.78, 5) is 17.2. The molecule has 3 aromatic rings. The van der Waals surface area contributed by atoms with Gasteiger partial charge in [-0.05, 0) is 29.7 Å². The summed E-state index contributed by atoms with van der Waals surface area (Å²) in [6.07, 6.45) is 5.17. The van der Waals surface area contributed by atoms with Gasteiger partial charge in [0.2, 0.25) is 5.91 Å². The van der Waals surface area contributed by atoms with Crippen LogP contribution in [0.2, 0.25) is 0 Å². The predicted molar refractivity (Wildman–Crippen MR) is 110 cm³/mol. The predicted octanol–water partition coefficient (Wildman–Crippen LogP) is 3.15. The van der Waals surface area contributed by atoms with Crippen LogP contribution >= 0.6 is 0 Å². The highest BCUT2D eigenvalue weighted by atomic mass is 16.2. The SMILES string of the molecule is O=C(Cc1cnn(-c2ccccc2)c1)N1CCCN(Cc2ccccc2)CC1. The molecule has 1 aromatic heterocycles. The first-order valence-corrected chi connectivity index (χ1v) is 9.91. The van der Waals surface area contributed by atoms with Gasteiger partial charge in [0.1, 0.15) is 0 Å². The normalized spacial score (nSPS) is 15.4. The minimum atomic E-state index is 0.189. The summed E-state index contributed by atoms with van der Waals surface area (Å²) in [6.45, 7) is 4.52. The largest absolute Gasteiger partial charge is 0.341 e. The van der Waals surface area contributed by atoms with Gasteiger partial charge < -0.3 is 4.90 Å². The molecular weight excluding hydrogens is 348 g/mol. The fraction of sp³-hybridized carbons (Fsp3) is 0.304. The molecule has 0 unspecified atom stereocenters. The van der Waals surface area contributed by atoms with Gasteiger partial charge in [0.25, 0.3) is 0 Å². The lowest BCUT2D eigenvalue weighted by Gasteiger charge is -2.22. The van der Waals surface area contributed by atoms with Crippen molar-refractivity contribution in [3.8, 4) is 5.69 Å². The zero-order valence-electron chi connectivity index (χ0n) is 16.1. The highest BCUT2D eigenvalue weighted by Crippen LogP contribution is 2.12. The maximum atomic E-state index is 12.8. The Morgan fingerprint density at radius 3 is 2.39 bits per heavy atom. The number of benzene rings is 2. The summed E-state index contributed by atoms with van der Waals surface area (Å²) in [7, 11) is 0. The first kappa shape index (κ1) is 18.4. The summed E-state index contributed by atoms with van der Waals surface area (Å²) in [5.74, 6) is 0.189. The van der Waals surface area contributed by atoms with Crippen LogP contribution in [-0.4, -0.2) is 51.7 Å². The number of hydrogen-bond acceptors (Lipinski definition) is 3. The lowest BCUT2D eigenvalue weighted by atomic mass is 10.2. The van der Waals surface area contributed by atoms with E-state index in [4.69, 9.17) is 0 Å². The number of aromatic nitrogens is 2. The van der Waals surface area contributed by atoms with Crippen molar-refractivity contribution < 1.29 is 4.79 Å². The van der Waals surface area contributed by atoms with Crippen LogP contribution in [0.5, 0.6) is 0 Å². The second-order valence-corrected chi connectivity index (χ2v) is 7.30. The highest BCUT2D eigenvalue weighted by Gasteiger charge is 2.20. The van der Waals surface area contributed by atoms with Crippen LogP contribution in [-0.2, 0) is 17.8 Å². The number of rotatable bonds is 5. The van der Waals surface area contributed by atoms with Crippen molar-refractivity contribution >= 4 is 5.91 Å². The standard InChI is InChI=1S/C23H26N4O/c28-23(16-21-17-24-27(19-21)22-10-5-2-6-11-22)26-13-7-12-25(14-15-26)18-20-8-3-1-4-9-20/h1-6,8-11,17,19H,7,12-16,18H2. The van der Waals surface area contributed by atoms with Crippen molar-refractivity contribution in [3.05, 3.63) is 84.2 Å². The quantitative estimate of drug-likeness (QED) is 0.689. The Kier molecular flexibility index (Phi) is 5.83. The Morgan fingerprint density at radius 2 is 1.61 bits per heavy atom. The molecule has 1 saturated heterocycles. The molecule has 1 fully saturated rings. The number of carbonyl (C=O) groups excluding carboxylic acids is 1. The maximum Gasteiger partial charge on any atom is 0.227 e. The van der Waals surface area contributed by atoms with Crippen molar-refractivity contribution in [2.45, 2.75) is 19.4 Å². The summed E-state index contributed by atoms with van der Waals surface area (Å²) in [6, 6.07) is 20.5. The molecule has 0 atom stereocenters. The van der Waals surface area contributed by atoms with Gasteiger partial charge in [-0.15, -0.1) is 0 Å². The third-order valence-corrected chi connectivity index (χ3v) is 5.20. The Hall–Kier alpha value is -2.92. The fourth-order valence-corrected chi connectivity index (χ4v) is 3.68. The average Bonchev–Trinajstić information content (AvgIpc) is 3.07. The fourth-order valence-electron chi connectivity index (χ4n) is 3.68. The van der Waals surface area contributed by atoms with Gasteiger partial charge in [0.05, 0.1) is 18.3 Å². The monoisotopic (exact) mass is 374 g/mol. The molecule has 0 saturated carbocycles. The van der Waals surface area contributed by atoms with Gasteiger partial charge in [0.15, 0.2) is 0 Å². The van der Waals surface area contributed by atoms with Gasteiger partial charge in [-0.3, -0.25) is 9.69 Å². The zero-order valence-corrected chi connectivity index (χ0v) is 16.1. The topological polar surface area (TPSA) is 41.4 Å². The lowest BCUT2D eigenvalue weighted by molar-refractivity contribution is -0.130. The zero-order chi connectivity index (χ0) is 19.2. The molecule has 0 bridgehead atoms. The van der Waals surface area contributed by atoms with Crippen LogP contribution in [0.25, 0.3) is 5.69 Å². The van der Waals surface area contributed by atoms with E-state index in [1.54, 1.807) is 6.20 Å². The molecule has 2 aromatic carbocycles. The van der Waals surface area contributed by atoms with E-state index in [9.17, 15) is 4.79 Å². The number of hydrogen-bond donors (Lipinski definition) is 0. The molecule has 0 radical (unpaired) electrons. The molecular formula is C23H26N4O. The third-order valence-electron chi connectivity index (χ3n) is 5.20. The Bertz CT molecular complexity index is 891. The first-order valence-electron chi connectivity index (χ1n) is 9.91. The second-order valence-electron chi connectivity index (χ2n) is 7.30.